The quantitative estimate of drug-likeness (QED) is 0.192. The third-order valence-corrected chi connectivity index (χ3v) is 8.98. The van der Waals surface area contributed by atoms with E-state index in [1.54, 1.807) is 0 Å². The fourth-order valence-corrected chi connectivity index (χ4v) is 6.94. The SMILES string of the molecule is c1ccc(-c2c3ccccc3c(-c3ccc(-c4nc5ccccc5n4-c4ccc5ccccc5c4)cc3)c3ccccc23)cc1. The van der Waals surface area contributed by atoms with Crippen molar-refractivity contribution in [3.05, 3.63) is 170 Å². The first-order chi connectivity index (χ1) is 22.3. The van der Waals surface area contributed by atoms with Crippen molar-refractivity contribution < 1.29 is 0 Å². The van der Waals surface area contributed by atoms with Gasteiger partial charge >= 0.3 is 0 Å². The summed E-state index contributed by atoms with van der Waals surface area (Å²) < 4.78 is 2.29. The standard InChI is InChI=1S/C43H28N2/c1-2-13-30(14-3-1)41-35-16-6-8-18-37(35)42(38-19-9-7-17-36(38)41)31-22-24-32(25-23-31)43-44-39-20-10-11-21-40(39)45(43)34-27-26-29-12-4-5-15-33(29)28-34/h1-28H. The molecule has 0 unspecified atom stereocenters. The van der Waals surface area contributed by atoms with E-state index in [9.17, 15) is 0 Å². The Kier molecular flexibility index (Phi) is 5.85. The maximum Gasteiger partial charge on any atom is 0.145 e. The van der Waals surface area contributed by atoms with E-state index >= 15 is 0 Å². The molecule has 2 nitrogen and oxygen atoms in total. The van der Waals surface area contributed by atoms with E-state index in [-0.39, 0.29) is 0 Å². The average Bonchev–Trinajstić information content (AvgIpc) is 3.50. The first-order valence-corrected chi connectivity index (χ1v) is 15.4. The number of nitrogens with zero attached hydrogens (tertiary/aromatic N) is 2. The number of para-hydroxylation sites is 2. The lowest BCUT2D eigenvalue weighted by Gasteiger charge is -2.18. The Hall–Kier alpha value is -5.99. The van der Waals surface area contributed by atoms with Gasteiger partial charge < -0.3 is 0 Å². The summed E-state index contributed by atoms with van der Waals surface area (Å²) in [4.78, 5) is 5.15. The Morgan fingerprint density at radius 3 is 1.56 bits per heavy atom. The van der Waals surface area contributed by atoms with Gasteiger partial charge in [-0.05, 0) is 78.8 Å². The van der Waals surface area contributed by atoms with E-state index in [1.807, 2.05) is 0 Å². The van der Waals surface area contributed by atoms with E-state index in [0.717, 1.165) is 28.1 Å². The molecule has 0 radical (unpaired) electrons. The molecule has 0 aliphatic carbocycles. The van der Waals surface area contributed by atoms with Gasteiger partial charge in [-0.25, -0.2) is 4.98 Å². The van der Waals surface area contributed by atoms with Crippen LogP contribution in [0.5, 0.6) is 0 Å². The average molecular weight is 573 g/mol. The summed E-state index contributed by atoms with van der Waals surface area (Å²) in [5.74, 6) is 0.937. The van der Waals surface area contributed by atoms with E-state index in [0.29, 0.717) is 0 Å². The van der Waals surface area contributed by atoms with Crippen molar-refractivity contribution in [3.8, 4) is 39.3 Å². The molecule has 1 heterocycles. The summed E-state index contributed by atoms with van der Waals surface area (Å²) in [5.41, 5.74) is 9.24. The highest BCUT2D eigenvalue weighted by molar-refractivity contribution is 6.21. The van der Waals surface area contributed by atoms with Gasteiger partial charge in [0.05, 0.1) is 11.0 Å². The number of imidazole rings is 1. The molecule has 0 aliphatic heterocycles. The van der Waals surface area contributed by atoms with Crippen LogP contribution in [0.15, 0.2) is 170 Å². The van der Waals surface area contributed by atoms with Crippen molar-refractivity contribution in [2.45, 2.75) is 0 Å². The highest BCUT2D eigenvalue weighted by Crippen LogP contribution is 2.44. The normalized spacial score (nSPS) is 11.6. The molecule has 9 rings (SSSR count). The van der Waals surface area contributed by atoms with Crippen LogP contribution in [0, 0.1) is 0 Å². The molecule has 8 aromatic carbocycles. The van der Waals surface area contributed by atoms with Crippen molar-refractivity contribution in [2.75, 3.05) is 0 Å². The lowest BCUT2D eigenvalue weighted by atomic mass is 9.86. The van der Waals surface area contributed by atoms with Gasteiger partial charge in [-0.3, -0.25) is 4.57 Å². The molecule has 0 spiro atoms. The maximum atomic E-state index is 5.15. The Morgan fingerprint density at radius 1 is 0.378 bits per heavy atom. The number of benzene rings is 8. The molecule has 9 aromatic rings. The fourth-order valence-electron chi connectivity index (χ4n) is 6.94. The highest BCUT2D eigenvalue weighted by atomic mass is 15.1. The van der Waals surface area contributed by atoms with E-state index in [1.165, 1.54) is 54.6 Å². The molecule has 0 fully saturated rings. The van der Waals surface area contributed by atoms with Crippen LogP contribution in [0.2, 0.25) is 0 Å². The summed E-state index contributed by atoms with van der Waals surface area (Å²) in [5, 5.41) is 7.48. The fraction of sp³-hybridized carbons (Fsp3) is 0. The molecule has 0 bridgehead atoms. The van der Waals surface area contributed by atoms with Gasteiger partial charge in [-0.2, -0.15) is 0 Å². The van der Waals surface area contributed by atoms with Crippen LogP contribution < -0.4 is 0 Å². The lowest BCUT2D eigenvalue weighted by molar-refractivity contribution is 1.11. The van der Waals surface area contributed by atoms with Crippen LogP contribution in [-0.2, 0) is 0 Å². The Labute approximate surface area is 261 Å². The van der Waals surface area contributed by atoms with E-state index < -0.39 is 0 Å². The molecule has 210 valence electrons. The molecule has 45 heavy (non-hydrogen) atoms. The molecule has 0 atom stereocenters. The van der Waals surface area contributed by atoms with Gasteiger partial charge in [0.2, 0.25) is 0 Å². The Morgan fingerprint density at radius 2 is 0.889 bits per heavy atom. The highest BCUT2D eigenvalue weighted by Gasteiger charge is 2.18. The number of fused-ring (bicyclic) bond motifs is 4. The molecule has 0 saturated carbocycles. The smallest absolute Gasteiger partial charge is 0.145 e. The van der Waals surface area contributed by atoms with Gasteiger partial charge in [-0.1, -0.05) is 146 Å². The van der Waals surface area contributed by atoms with Crippen molar-refractivity contribution in [2.24, 2.45) is 0 Å². The zero-order chi connectivity index (χ0) is 29.7. The third-order valence-electron chi connectivity index (χ3n) is 8.98. The first-order valence-electron chi connectivity index (χ1n) is 15.4. The molecule has 0 saturated heterocycles. The number of hydrogen-bond acceptors (Lipinski definition) is 1. The summed E-state index contributed by atoms with van der Waals surface area (Å²) >= 11 is 0. The zero-order valence-corrected chi connectivity index (χ0v) is 24.6. The van der Waals surface area contributed by atoms with Crippen LogP contribution in [0.1, 0.15) is 0 Å². The lowest BCUT2D eigenvalue weighted by Crippen LogP contribution is -1.98. The van der Waals surface area contributed by atoms with Gasteiger partial charge in [0.15, 0.2) is 0 Å². The van der Waals surface area contributed by atoms with Crippen molar-refractivity contribution in [1.29, 1.82) is 0 Å². The molecule has 0 N–H and O–H groups in total. The molecular weight excluding hydrogens is 544 g/mol. The largest absolute Gasteiger partial charge is 0.292 e. The second kappa shape index (κ2) is 10.3. The summed E-state index contributed by atoms with van der Waals surface area (Å²) in [6.07, 6.45) is 0. The van der Waals surface area contributed by atoms with E-state index in [2.05, 4.69) is 174 Å². The Bertz CT molecular complexity index is 2470. The first kappa shape index (κ1) is 25.5. The summed E-state index contributed by atoms with van der Waals surface area (Å²) in [6.45, 7) is 0. The minimum absolute atomic E-state index is 0.937. The summed E-state index contributed by atoms with van der Waals surface area (Å²) in [7, 11) is 0. The topological polar surface area (TPSA) is 17.8 Å². The van der Waals surface area contributed by atoms with Crippen molar-refractivity contribution in [3.63, 3.8) is 0 Å². The molecule has 0 amide bonds. The van der Waals surface area contributed by atoms with Crippen molar-refractivity contribution in [1.82, 2.24) is 9.55 Å². The number of aromatic nitrogens is 2. The minimum Gasteiger partial charge on any atom is -0.292 e. The van der Waals surface area contributed by atoms with Gasteiger partial charge in [0.25, 0.3) is 0 Å². The minimum atomic E-state index is 0.937. The van der Waals surface area contributed by atoms with Crippen LogP contribution in [0.3, 0.4) is 0 Å². The summed E-state index contributed by atoms with van der Waals surface area (Å²) in [6, 6.07) is 60.9. The predicted molar refractivity (Wildman–Crippen MR) is 190 cm³/mol. The molecule has 0 aliphatic rings. The van der Waals surface area contributed by atoms with Gasteiger partial charge in [0.1, 0.15) is 5.82 Å². The molecule has 2 heteroatoms. The van der Waals surface area contributed by atoms with Crippen LogP contribution in [-0.4, -0.2) is 9.55 Å². The third kappa shape index (κ3) is 4.15. The second-order valence-corrected chi connectivity index (χ2v) is 11.6. The second-order valence-electron chi connectivity index (χ2n) is 11.6. The van der Waals surface area contributed by atoms with Crippen LogP contribution in [0.4, 0.5) is 0 Å². The van der Waals surface area contributed by atoms with Crippen LogP contribution >= 0.6 is 0 Å². The van der Waals surface area contributed by atoms with E-state index in [4.69, 9.17) is 4.98 Å². The van der Waals surface area contributed by atoms with Gasteiger partial charge in [0, 0.05) is 11.3 Å². The van der Waals surface area contributed by atoms with Crippen molar-refractivity contribution >= 4 is 43.4 Å². The number of hydrogen-bond donors (Lipinski definition) is 0. The molecular formula is C43H28N2. The van der Waals surface area contributed by atoms with Gasteiger partial charge in [-0.15, -0.1) is 0 Å². The maximum absolute atomic E-state index is 5.15. The monoisotopic (exact) mass is 572 g/mol. The number of rotatable bonds is 4. The molecule has 1 aromatic heterocycles. The Balaban J connectivity index is 1.24. The predicted octanol–water partition coefficient (Wildman–Crippen LogP) is 11.5. The zero-order valence-electron chi connectivity index (χ0n) is 24.6. The van der Waals surface area contributed by atoms with Crippen LogP contribution in [0.25, 0.3) is 82.7 Å².